The highest BCUT2D eigenvalue weighted by Gasteiger charge is 2.28. The molecule has 0 unspecified atom stereocenters. The molecule has 0 aliphatic carbocycles. The maximum Gasteiger partial charge on any atom is 0.245 e. The number of aryl methyl sites for hydroxylation is 2. The number of nitrogens with two attached hydrogens (primary N) is 1. The summed E-state index contributed by atoms with van der Waals surface area (Å²) < 4.78 is 32.4. The van der Waals surface area contributed by atoms with Gasteiger partial charge in [-0.05, 0) is 37.1 Å². The van der Waals surface area contributed by atoms with Gasteiger partial charge < -0.3 is 10.2 Å². The standard InChI is InChI=1S/C15H20N2O3S/c1-4-17(10-13-6-5-9-20-13)21(18,19)15-12(3)8-7-11(2)14(15)16/h5-9H,4,10,16H2,1-3H3. The minimum absolute atomic E-state index is 0.191. The zero-order valence-corrected chi connectivity index (χ0v) is 13.3. The molecule has 0 amide bonds. The van der Waals surface area contributed by atoms with E-state index in [4.69, 9.17) is 10.2 Å². The number of hydrogen-bond acceptors (Lipinski definition) is 4. The van der Waals surface area contributed by atoms with Gasteiger partial charge in [0.05, 0.1) is 18.5 Å². The Kier molecular flexibility index (Phi) is 4.39. The van der Waals surface area contributed by atoms with Crippen molar-refractivity contribution in [2.45, 2.75) is 32.2 Å². The molecular formula is C15H20N2O3S. The van der Waals surface area contributed by atoms with Gasteiger partial charge in [0.15, 0.2) is 0 Å². The molecule has 1 aromatic heterocycles. The van der Waals surface area contributed by atoms with Crippen LogP contribution < -0.4 is 5.73 Å². The number of nitrogens with zero attached hydrogens (tertiary/aromatic N) is 1. The summed E-state index contributed by atoms with van der Waals surface area (Å²) in [7, 11) is -3.66. The van der Waals surface area contributed by atoms with Crippen LogP contribution in [0.15, 0.2) is 39.8 Å². The number of sulfonamides is 1. The van der Waals surface area contributed by atoms with Gasteiger partial charge in [-0.15, -0.1) is 0 Å². The molecule has 1 heterocycles. The molecule has 0 bridgehead atoms. The van der Waals surface area contributed by atoms with Crippen LogP contribution in [0.3, 0.4) is 0 Å². The largest absolute Gasteiger partial charge is 0.468 e. The third-order valence-corrected chi connectivity index (χ3v) is 5.60. The summed E-state index contributed by atoms with van der Waals surface area (Å²) in [6.07, 6.45) is 1.53. The maximum atomic E-state index is 12.9. The lowest BCUT2D eigenvalue weighted by molar-refractivity contribution is 0.375. The molecule has 0 saturated carbocycles. The van der Waals surface area contributed by atoms with Crippen molar-refractivity contribution in [1.29, 1.82) is 0 Å². The van der Waals surface area contributed by atoms with Gasteiger partial charge in [-0.1, -0.05) is 19.1 Å². The fraction of sp³-hybridized carbons (Fsp3) is 0.333. The van der Waals surface area contributed by atoms with Crippen LogP contribution in [-0.2, 0) is 16.6 Å². The first kappa shape index (κ1) is 15.6. The first-order valence-corrected chi connectivity index (χ1v) is 8.20. The van der Waals surface area contributed by atoms with Gasteiger partial charge >= 0.3 is 0 Å². The molecule has 0 atom stereocenters. The third kappa shape index (κ3) is 2.96. The van der Waals surface area contributed by atoms with E-state index in [0.717, 1.165) is 5.56 Å². The minimum Gasteiger partial charge on any atom is -0.468 e. The van der Waals surface area contributed by atoms with E-state index in [1.807, 2.05) is 6.07 Å². The van der Waals surface area contributed by atoms with Crippen molar-refractivity contribution >= 4 is 15.7 Å². The highest BCUT2D eigenvalue weighted by Crippen LogP contribution is 2.29. The van der Waals surface area contributed by atoms with Gasteiger partial charge in [-0.25, -0.2) is 8.42 Å². The molecule has 2 N–H and O–H groups in total. The van der Waals surface area contributed by atoms with Crippen molar-refractivity contribution in [3.8, 4) is 0 Å². The van der Waals surface area contributed by atoms with Crippen molar-refractivity contribution in [2.24, 2.45) is 0 Å². The van der Waals surface area contributed by atoms with Crippen LogP contribution >= 0.6 is 0 Å². The fourth-order valence-electron chi connectivity index (χ4n) is 2.22. The van der Waals surface area contributed by atoms with Crippen LogP contribution in [0.5, 0.6) is 0 Å². The highest BCUT2D eigenvalue weighted by atomic mass is 32.2. The third-order valence-electron chi connectivity index (χ3n) is 3.47. The van der Waals surface area contributed by atoms with Gasteiger partial charge in [0.1, 0.15) is 10.7 Å². The van der Waals surface area contributed by atoms with E-state index in [9.17, 15) is 8.42 Å². The van der Waals surface area contributed by atoms with Crippen molar-refractivity contribution in [3.05, 3.63) is 47.4 Å². The Morgan fingerprint density at radius 1 is 1.19 bits per heavy atom. The first-order valence-electron chi connectivity index (χ1n) is 6.76. The molecule has 21 heavy (non-hydrogen) atoms. The molecule has 114 valence electrons. The fourth-order valence-corrected chi connectivity index (χ4v) is 4.03. The molecular weight excluding hydrogens is 288 g/mol. The van der Waals surface area contributed by atoms with Gasteiger partial charge in [-0.2, -0.15) is 4.31 Å². The summed E-state index contributed by atoms with van der Waals surface area (Å²) in [4.78, 5) is 0.191. The number of hydrogen-bond donors (Lipinski definition) is 1. The summed E-state index contributed by atoms with van der Waals surface area (Å²) in [5.41, 5.74) is 7.73. The molecule has 0 fully saturated rings. The quantitative estimate of drug-likeness (QED) is 0.862. The molecule has 0 saturated heterocycles. The smallest absolute Gasteiger partial charge is 0.245 e. The van der Waals surface area contributed by atoms with Crippen LogP contribution in [0, 0.1) is 13.8 Å². The van der Waals surface area contributed by atoms with Crippen LogP contribution in [0.4, 0.5) is 5.69 Å². The number of furan rings is 1. The predicted octanol–water partition coefficient (Wildman–Crippen LogP) is 2.69. The van der Waals surface area contributed by atoms with Gasteiger partial charge in [0.2, 0.25) is 10.0 Å². The molecule has 0 aliphatic heterocycles. The second-order valence-corrected chi connectivity index (χ2v) is 6.83. The second kappa shape index (κ2) is 5.91. The molecule has 0 radical (unpaired) electrons. The summed E-state index contributed by atoms with van der Waals surface area (Å²) in [5.74, 6) is 0.601. The van der Waals surface area contributed by atoms with Crippen LogP contribution in [0.1, 0.15) is 23.8 Å². The van der Waals surface area contributed by atoms with Crippen molar-refractivity contribution in [2.75, 3.05) is 12.3 Å². The summed E-state index contributed by atoms with van der Waals surface area (Å²) >= 11 is 0. The van der Waals surface area contributed by atoms with Crippen molar-refractivity contribution in [1.82, 2.24) is 4.31 Å². The Balaban J connectivity index is 2.47. The summed E-state index contributed by atoms with van der Waals surface area (Å²) in [6, 6.07) is 7.10. The Morgan fingerprint density at radius 2 is 1.86 bits per heavy atom. The van der Waals surface area contributed by atoms with Crippen LogP contribution in [-0.4, -0.2) is 19.3 Å². The average molecular weight is 308 g/mol. The zero-order chi connectivity index (χ0) is 15.6. The number of nitrogen functional groups attached to an aromatic ring is 1. The van der Waals surface area contributed by atoms with E-state index in [0.29, 0.717) is 23.6 Å². The molecule has 2 rings (SSSR count). The van der Waals surface area contributed by atoms with E-state index in [1.54, 1.807) is 39.0 Å². The SMILES string of the molecule is CCN(Cc1ccco1)S(=O)(=O)c1c(C)ccc(C)c1N. The molecule has 0 spiro atoms. The van der Waals surface area contributed by atoms with Crippen LogP contribution in [0.2, 0.25) is 0 Å². The molecule has 2 aromatic rings. The van der Waals surface area contributed by atoms with E-state index in [2.05, 4.69) is 0 Å². The van der Waals surface area contributed by atoms with E-state index < -0.39 is 10.0 Å². The van der Waals surface area contributed by atoms with E-state index in [-0.39, 0.29) is 11.4 Å². The molecule has 5 nitrogen and oxygen atoms in total. The average Bonchev–Trinajstić information content (AvgIpc) is 2.93. The second-order valence-electron chi connectivity index (χ2n) is 4.95. The van der Waals surface area contributed by atoms with Gasteiger partial charge in [0, 0.05) is 6.54 Å². The Bertz CT molecular complexity index is 722. The number of anilines is 1. The minimum atomic E-state index is -3.66. The summed E-state index contributed by atoms with van der Waals surface area (Å²) in [5, 5.41) is 0. The van der Waals surface area contributed by atoms with E-state index >= 15 is 0 Å². The highest BCUT2D eigenvalue weighted by molar-refractivity contribution is 7.89. The predicted molar refractivity (Wildman–Crippen MR) is 82.3 cm³/mol. The first-order chi connectivity index (χ1) is 9.87. The van der Waals surface area contributed by atoms with Crippen molar-refractivity contribution < 1.29 is 12.8 Å². The Morgan fingerprint density at radius 3 is 2.43 bits per heavy atom. The van der Waals surface area contributed by atoms with Gasteiger partial charge in [0.25, 0.3) is 0 Å². The zero-order valence-electron chi connectivity index (χ0n) is 12.5. The molecule has 0 aliphatic rings. The Labute approximate surface area is 125 Å². The maximum absolute atomic E-state index is 12.9. The summed E-state index contributed by atoms with van der Waals surface area (Å²) in [6.45, 7) is 5.89. The normalized spacial score (nSPS) is 12.0. The Hall–Kier alpha value is -1.79. The molecule has 6 heteroatoms. The topological polar surface area (TPSA) is 76.5 Å². The lowest BCUT2D eigenvalue weighted by Crippen LogP contribution is -2.31. The van der Waals surface area contributed by atoms with Gasteiger partial charge in [-0.3, -0.25) is 0 Å². The van der Waals surface area contributed by atoms with Crippen molar-refractivity contribution in [3.63, 3.8) is 0 Å². The monoisotopic (exact) mass is 308 g/mol. The number of rotatable bonds is 5. The van der Waals surface area contributed by atoms with Crippen LogP contribution in [0.25, 0.3) is 0 Å². The lowest BCUT2D eigenvalue weighted by Gasteiger charge is -2.22. The molecule has 1 aromatic carbocycles. The number of benzene rings is 1. The van der Waals surface area contributed by atoms with E-state index in [1.165, 1.54) is 10.6 Å². The lowest BCUT2D eigenvalue weighted by atomic mass is 10.1.